The number of nitrogens with one attached hydrogen (secondary N) is 1. The zero-order valence-electron chi connectivity index (χ0n) is 11.9. The molecule has 0 spiro atoms. The predicted molar refractivity (Wildman–Crippen MR) is 82.8 cm³/mol. The van der Waals surface area contributed by atoms with Crippen LogP contribution < -0.4 is 15.8 Å². The number of carbonyl (C=O) groups is 1. The predicted octanol–water partition coefficient (Wildman–Crippen LogP) is 3.65. The number of nitrogens with two attached hydrogens (primary N) is 1. The minimum atomic E-state index is -0.585. The molecule has 0 aromatic heterocycles. The number of rotatable bonds is 2. The van der Waals surface area contributed by atoms with E-state index in [1.807, 2.05) is 0 Å². The molecular formula is C16H13ClF2N2O2. The van der Waals surface area contributed by atoms with Crippen molar-refractivity contribution in [1.29, 1.82) is 0 Å². The molecule has 7 heteroatoms. The summed E-state index contributed by atoms with van der Waals surface area (Å²) in [6.45, 7) is 0.306. The smallest absolute Gasteiger partial charge is 0.259 e. The highest BCUT2D eigenvalue weighted by molar-refractivity contribution is 6.31. The summed E-state index contributed by atoms with van der Waals surface area (Å²) in [5, 5.41) is 2.47. The Balaban J connectivity index is 1.94. The summed E-state index contributed by atoms with van der Waals surface area (Å²) in [5.74, 6) is -1.46. The average molecular weight is 339 g/mol. The normalized spacial score (nSPS) is 16.4. The van der Waals surface area contributed by atoms with E-state index in [0.717, 1.165) is 6.07 Å². The summed E-state index contributed by atoms with van der Waals surface area (Å²) < 4.78 is 32.5. The van der Waals surface area contributed by atoms with Gasteiger partial charge in [-0.3, -0.25) is 4.79 Å². The number of carbonyl (C=O) groups excluding carboxylic acids is 1. The van der Waals surface area contributed by atoms with Crippen molar-refractivity contribution in [2.24, 2.45) is 5.73 Å². The summed E-state index contributed by atoms with van der Waals surface area (Å²) in [7, 11) is 0. The Labute approximate surface area is 136 Å². The molecule has 1 aliphatic rings. The topological polar surface area (TPSA) is 64.3 Å². The Morgan fingerprint density at radius 3 is 2.74 bits per heavy atom. The fourth-order valence-corrected chi connectivity index (χ4v) is 2.64. The first-order valence-corrected chi connectivity index (χ1v) is 7.32. The first kappa shape index (κ1) is 15.7. The van der Waals surface area contributed by atoms with Gasteiger partial charge in [-0.25, -0.2) is 8.78 Å². The van der Waals surface area contributed by atoms with Gasteiger partial charge in [-0.1, -0.05) is 11.6 Å². The fourth-order valence-electron chi connectivity index (χ4n) is 2.46. The second-order valence-electron chi connectivity index (χ2n) is 5.16. The van der Waals surface area contributed by atoms with Crippen LogP contribution >= 0.6 is 11.6 Å². The number of ether oxygens (including phenoxy) is 1. The molecule has 1 amide bonds. The Morgan fingerprint density at radius 1 is 1.26 bits per heavy atom. The van der Waals surface area contributed by atoms with Crippen molar-refractivity contribution in [2.45, 2.75) is 12.5 Å². The third-order valence-corrected chi connectivity index (χ3v) is 3.90. The van der Waals surface area contributed by atoms with E-state index in [0.29, 0.717) is 18.7 Å². The van der Waals surface area contributed by atoms with E-state index in [1.165, 1.54) is 24.3 Å². The Bertz CT molecular complexity index is 783. The van der Waals surface area contributed by atoms with Gasteiger partial charge in [0, 0.05) is 23.7 Å². The van der Waals surface area contributed by atoms with Crippen LogP contribution in [0.15, 0.2) is 30.3 Å². The number of hydrogen-bond acceptors (Lipinski definition) is 3. The molecule has 0 saturated carbocycles. The lowest BCUT2D eigenvalue weighted by molar-refractivity contribution is 0.102. The van der Waals surface area contributed by atoms with Crippen LogP contribution in [-0.2, 0) is 0 Å². The highest BCUT2D eigenvalue weighted by Gasteiger charge is 2.27. The Hall–Kier alpha value is -2.18. The van der Waals surface area contributed by atoms with Gasteiger partial charge in [-0.2, -0.15) is 0 Å². The molecule has 3 N–H and O–H groups in total. The number of hydrogen-bond donors (Lipinski definition) is 2. The summed E-state index contributed by atoms with van der Waals surface area (Å²) in [5.41, 5.74) is 6.57. The van der Waals surface area contributed by atoms with Crippen LogP contribution in [0.25, 0.3) is 0 Å². The zero-order valence-corrected chi connectivity index (χ0v) is 12.7. The van der Waals surface area contributed by atoms with Crippen molar-refractivity contribution in [3.05, 3.63) is 58.1 Å². The minimum Gasteiger partial charge on any atom is -0.492 e. The van der Waals surface area contributed by atoms with Gasteiger partial charge in [0.15, 0.2) is 0 Å². The largest absolute Gasteiger partial charge is 0.492 e. The van der Waals surface area contributed by atoms with Crippen molar-refractivity contribution in [3.63, 3.8) is 0 Å². The lowest BCUT2D eigenvalue weighted by Crippen LogP contribution is -2.25. The third-order valence-electron chi connectivity index (χ3n) is 3.61. The van der Waals surface area contributed by atoms with Crippen LogP contribution in [0.4, 0.5) is 14.5 Å². The first-order chi connectivity index (χ1) is 11.0. The highest BCUT2D eigenvalue weighted by Crippen LogP contribution is 2.36. The molecule has 0 bridgehead atoms. The van der Waals surface area contributed by atoms with E-state index in [4.69, 9.17) is 22.1 Å². The summed E-state index contributed by atoms with van der Waals surface area (Å²) in [4.78, 5) is 12.4. The van der Waals surface area contributed by atoms with Gasteiger partial charge in [0.05, 0.1) is 17.2 Å². The van der Waals surface area contributed by atoms with Crippen LogP contribution in [0, 0.1) is 11.6 Å². The second kappa shape index (κ2) is 6.14. The summed E-state index contributed by atoms with van der Waals surface area (Å²) >= 11 is 5.68. The molecule has 3 rings (SSSR count). The summed E-state index contributed by atoms with van der Waals surface area (Å²) in [6, 6.07) is 5.79. The Morgan fingerprint density at radius 2 is 2.00 bits per heavy atom. The van der Waals surface area contributed by atoms with Gasteiger partial charge in [0.1, 0.15) is 17.4 Å². The van der Waals surface area contributed by atoms with Crippen LogP contribution in [0.3, 0.4) is 0 Å². The number of amides is 1. The van der Waals surface area contributed by atoms with E-state index < -0.39 is 23.6 Å². The molecule has 2 aromatic carbocycles. The molecule has 2 aromatic rings. The molecule has 4 nitrogen and oxygen atoms in total. The van der Waals surface area contributed by atoms with Crippen LogP contribution in [0.5, 0.6) is 5.75 Å². The molecule has 0 aliphatic carbocycles. The maximum absolute atomic E-state index is 13.9. The third kappa shape index (κ3) is 3.00. The van der Waals surface area contributed by atoms with E-state index in [2.05, 4.69) is 5.32 Å². The molecule has 0 fully saturated rings. The van der Waals surface area contributed by atoms with E-state index in [9.17, 15) is 13.6 Å². The quantitative estimate of drug-likeness (QED) is 0.878. The molecule has 0 saturated heterocycles. The van der Waals surface area contributed by atoms with Crippen LogP contribution in [0.1, 0.15) is 28.4 Å². The molecule has 1 unspecified atom stereocenters. The first-order valence-electron chi connectivity index (χ1n) is 6.94. The van der Waals surface area contributed by atoms with Crippen LogP contribution in [0.2, 0.25) is 5.02 Å². The molecule has 0 radical (unpaired) electrons. The molecule has 1 atom stereocenters. The molecule has 1 heterocycles. The van der Waals surface area contributed by atoms with E-state index in [1.54, 1.807) is 0 Å². The van der Waals surface area contributed by atoms with Gasteiger partial charge in [0.25, 0.3) is 5.91 Å². The van der Waals surface area contributed by atoms with Crippen molar-refractivity contribution in [2.75, 3.05) is 11.9 Å². The van der Waals surface area contributed by atoms with Crippen LogP contribution in [-0.4, -0.2) is 12.5 Å². The van der Waals surface area contributed by atoms with Gasteiger partial charge >= 0.3 is 0 Å². The number of halogens is 3. The maximum atomic E-state index is 13.9. The van der Waals surface area contributed by atoms with Crippen molar-refractivity contribution >= 4 is 23.2 Å². The minimum absolute atomic E-state index is 0.109. The maximum Gasteiger partial charge on any atom is 0.259 e. The SMILES string of the molecule is NC1CCOc2c(C(=O)Nc3ccc(F)c(Cl)c3)ccc(F)c21. The van der Waals surface area contributed by atoms with Gasteiger partial charge in [-0.05, 0) is 30.3 Å². The number of fused-ring (bicyclic) bond motifs is 1. The average Bonchev–Trinajstić information content (AvgIpc) is 2.51. The van der Waals surface area contributed by atoms with E-state index in [-0.39, 0.29) is 21.9 Å². The second-order valence-corrected chi connectivity index (χ2v) is 5.57. The zero-order chi connectivity index (χ0) is 16.6. The fraction of sp³-hybridized carbons (Fsp3) is 0.188. The molecule has 1 aliphatic heterocycles. The monoisotopic (exact) mass is 338 g/mol. The van der Waals surface area contributed by atoms with Gasteiger partial charge in [-0.15, -0.1) is 0 Å². The molecule has 120 valence electrons. The highest BCUT2D eigenvalue weighted by atomic mass is 35.5. The summed E-state index contributed by atoms with van der Waals surface area (Å²) in [6.07, 6.45) is 0.475. The van der Waals surface area contributed by atoms with E-state index >= 15 is 0 Å². The lowest BCUT2D eigenvalue weighted by Gasteiger charge is -2.25. The number of benzene rings is 2. The van der Waals surface area contributed by atoms with Crippen molar-refractivity contribution in [3.8, 4) is 5.75 Å². The van der Waals surface area contributed by atoms with Crippen molar-refractivity contribution < 1.29 is 18.3 Å². The van der Waals surface area contributed by atoms with Gasteiger partial charge in [0.2, 0.25) is 0 Å². The molecular weight excluding hydrogens is 326 g/mol. The lowest BCUT2D eigenvalue weighted by atomic mass is 9.97. The van der Waals surface area contributed by atoms with Gasteiger partial charge < -0.3 is 15.8 Å². The Kier molecular flexibility index (Phi) is 4.19. The molecule has 23 heavy (non-hydrogen) atoms. The number of anilines is 1. The standard InChI is InChI=1S/C16H13ClF2N2O2/c17-10-7-8(1-3-11(10)18)21-16(22)9-2-4-12(19)14-13(20)5-6-23-15(9)14/h1-4,7,13H,5-6,20H2,(H,21,22). The van der Waals surface area contributed by atoms with Crippen molar-refractivity contribution in [1.82, 2.24) is 0 Å².